The molecule has 0 N–H and O–H groups in total. The molecule has 0 atom stereocenters. The average molecular weight is 477 g/mol. The van der Waals surface area contributed by atoms with Gasteiger partial charge in [0.25, 0.3) is 11.8 Å². The van der Waals surface area contributed by atoms with Gasteiger partial charge >= 0.3 is 5.97 Å². The first-order chi connectivity index (χ1) is 16.5. The molecule has 1 saturated heterocycles. The molecule has 34 heavy (non-hydrogen) atoms. The van der Waals surface area contributed by atoms with Crippen LogP contribution < -0.4 is 4.90 Å². The Balaban J connectivity index is 1.31. The number of piperidine rings is 1. The van der Waals surface area contributed by atoms with Crippen molar-refractivity contribution in [1.82, 2.24) is 4.90 Å². The van der Waals surface area contributed by atoms with E-state index < -0.39 is 5.97 Å². The molecule has 0 saturated carbocycles. The topological polar surface area (TPSA) is 66.9 Å². The van der Waals surface area contributed by atoms with Gasteiger partial charge in [0, 0.05) is 52.2 Å². The second-order valence-electron chi connectivity index (χ2n) is 8.67. The van der Waals surface area contributed by atoms with Crippen molar-refractivity contribution in [3.05, 3.63) is 76.3 Å². The monoisotopic (exact) mass is 476 g/mol. The van der Waals surface area contributed by atoms with E-state index in [1.807, 2.05) is 24.3 Å². The lowest BCUT2D eigenvalue weighted by Gasteiger charge is -2.32. The van der Waals surface area contributed by atoms with Crippen LogP contribution in [-0.4, -0.2) is 48.9 Å². The van der Waals surface area contributed by atoms with Gasteiger partial charge in [0.1, 0.15) is 0 Å². The minimum absolute atomic E-state index is 0.101. The molecular formula is C27H25ClN2O4. The third kappa shape index (κ3) is 4.14. The minimum atomic E-state index is -0.465. The molecule has 3 aromatic carbocycles. The van der Waals surface area contributed by atoms with Crippen LogP contribution in [0.4, 0.5) is 5.69 Å². The summed E-state index contributed by atoms with van der Waals surface area (Å²) in [5, 5.41) is 2.23. The summed E-state index contributed by atoms with van der Waals surface area (Å²) in [6, 6.07) is 16.0. The summed E-state index contributed by atoms with van der Waals surface area (Å²) >= 11 is 5.85. The molecule has 2 amide bonds. The highest BCUT2D eigenvalue weighted by Crippen LogP contribution is 2.36. The second-order valence-corrected chi connectivity index (χ2v) is 9.10. The van der Waals surface area contributed by atoms with Crippen LogP contribution in [0.2, 0.25) is 5.02 Å². The van der Waals surface area contributed by atoms with Crippen LogP contribution in [0.15, 0.2) is 54.6 Å². The van der Waals surface area contributed by atoms with E-state index >= 15 is 0 Å². The molecule has 7 heteroatoms. The van der Waals surface area contributed by atoms with E-state index in [2.05, 4.69) is 4.90 Å². The summed E-state index contributed by atoms with van der Waals surface area (Å²) in [4.78, 5) is 42.3. The number of rotatable bonds is 6. The van der Waals surface area contributed by atoms with E-state index in [1.54, 1.807) is 30.3 Å². The van der Waals surface area contributed by atoms with Gasteiger partial charge in [0.05, 0.1) is 12.2 Å². The van der Waals surface area contributed by atoms with Gasteiger partial charge in [-0.15, -0.1) is 0 Å². The summed E-state index contributed by atoms with van der Waals surface area (Å²) in [5.41, 5.74) is 2.58. The van der Waals surface area contributed by atoms with Gasteiger partial charge < -0.3 is 9.64 Å². The first-order valence-corrected chi connectivity index (χ1v) is 12.0. The summed E-state index contributed by atoms with van der Waals surface area (Å²) in [5.74, 6) is -1.07. The smallest absolute Gasteiger partial charge is 0.338 e. The maximum Gasteiger partial charge on any atom is 0.338 e. The predicted octanol–water partition coefficient (Wildman–Crippen LogP) is 5.33. The van der Waals surface area contributed by atoms with E-state index in [4.69, 9.17) is 16.3 Å². The molecule has 2 aliphatic rings. The largest absolute Gasteiger partial charge is 0.462 e. The molecule has 0 aromatic heterocycles. The Morgan fingerprint density at radius 1 is 0.882 bits per heavy atom. The molecule has 0 aliphatic carbocycles. The summed E-state index contributed by atoms with van der Waals surface area (Å²) in [6.07, 6.45) is 3.89. The third-order valence-electron chi connectivity index (χ3n) is 6.50. The van der Waals surface area contributed by atoms with Crippen LogP contribution in [0.1, 0.15) is 56.8 Å². The van der Waals surface area contributed by atoms with Crippen molar-refractivity contribution in [2.75, 3.05) is 31.1 Å². The van der Waals surface area contributed by atoms with Crippen LogP contribution in [0, 0.1) is 0 Å². The molecule has 0 bridgehead atoms. The molecule has 2 heterocycles. The lowest BCUT2D eigenvalue weighted by Crippen LogP contribution is -2.41. The molecule has 6 nitrogen and oxygen atoms in total. The van der Waals surface area contributed by atoms with E-state index in [9.17, 15) is 14.4 Å². The maximum absolute atomic E-state index is 13.3. The SMILES string of the molecule is O=C(OCCCN1C(=O)c2cccc3c(N4CCCCC4)ccc(c23)C1=O)c1ccc(Cl)cc1. The highest BCUT2D eigenvalue weighted by atomic mass is 35.5. The molecule has 0 spiro atoms. The van der Waals surface area contributed by atoms with Gasteiger partial charge in [-0.2, -0.15) is 0 Å². The van der Waals surface area contributed by atoms with Crippen LogP contribution in [0.5, 0.6) is 0 Å². The van der Waals surface area contributed by atoms with E-state index in [0.717, 1.165) is 42.4 Å². The fraction of sp³-hybridized carbons (Fsp3) is 0.296. The van der Waals surface area contributed by atoms with Crippen LogP contribution >= 0.6 is 11.6 Å². The Bertz CT molecular complexity index is 1240. The molecule has 0 unspecified atom stereocenters. The number of hydrogen-bond acceptors (Lipinski definition) is 5. The quantitative estimate of drug-likeness (QED) is 0.273. The number of carbonyl (C=O) groups is 3. The molecule has 2 aliphatic heterocycles. The first kappa shape index (κ1) is 22.4. The minimum Gasteiger partial charge on any atom is -0.462 e. The lowest BCUT2D eigenvalue weighted by molar-refractivity contribution is 0.0476. The van der Waals surface area contributed by atoms with Crippen molar-refractivity contribution >= 4 is 45.8 Å². The molecule has 3 aromatic rings. The highest BCUT2D eigenvalue weighted by molar-refractivity contribution is 6.30. The number of halogens is 1. The van der Waals surface area contributed by atoms with Crippen molar-refractivity contribution in [3.63, 3.8) is 0 Å². The number of nitrogens with zero attached hydrogens (tertiary/aromatic N) is 2. The van der Waals surface area contributed by atoms with Crippen LogP contribution in [0.25, 0.3) is 10.8 Å². The molecule has 0 radical (unpaired) electrons. The summed E-state index contributed by atoms with van der Waals surface area (Å²) < 4.78 is 5.30. The fourth-order valence-corrected chi connectivity index (χ4v) is 4.93. The number of anilines is 1. The van der Waals surface area contributed by atoms with Gasteiger partial charge in [-0.3, -0.25) is 14.5 Å². The van der Waals surface area contributed by atoms with Crippen molar-refractivity contribution in [3.8, 4) is 0 Å². The van der Waals surface area contributed by atoms with Crippen LogP contribution in [-0.2, 0) is 4.74 Å². The normalized spacial score (nSPS) is 15.7. The standard InChI is InChI=1S/C27H25ClN2O4/c28-19-10-8-18(9-11-19)27(33)34-17-5-16-30-25(31)21-7-4-6-20-23(29-14-2-1-3-15-29)13-12-22(24(20)21)26(30)32/h4,6-13H,1-3,5,14-17H2. The fourth-order valence-electron chi connectivity index (χ4n) is 4.80. The number of esters is 1. The van der Waals surface area contributed by atoms with Gasteiger partial charge in [0.15, 0.2) is 0 Å². The predicted molar refractivity (Wildman–Crippen MR) is 132 cm³/mol. The van der Waals surface area contributed by atoms with Gasteiger partial charge in [-0.1, -0.05) is 23.7 Å². The Hall–Kier alpha value is -3.38. The molecule has 5 rings (SSSR count). The molecular weight excluding hydrogens is 452 g/mol. The van der Waals surface area contributed by atoms with Gasteiger partial charge in [-0.05, 0) is 68.1 Å². The number of benzene rings is 3. The Kier molecular flexibility index (Phi) is 6.24. The summed E-state index contributed by atoms with van der Waals surface area (Å²) in [6.45, 7) is 2.25. The number of amides is 2. The molecule has 174 valence electrons. The average Bonchev–Trinajstić information content (AvgIpc) is 2.87. The number of imide groups is 1. The maximum atomic E-state index is 13.3. The van der Waals surface area contributed by atoms with Gasteiger partial charge in [-0.25, -0.2) is 4.79 Å². The van der Waals surface area contributed by atoms with Crippen molar-refractivity contribution in [2.24, 2.45) is 0 Å². The zero-order valence-electron chi connectivity index (χ0n) is 18.8. The van der Waals surface area contributed by atoms with Crippen molar-refractivity contribution in [2.45, 2.75) is 25.7 Å². The zero-order valence-corrected chi connectivity index (χ0v) is 19.5. The van der Waals surface area contributed by atoms with Crippen molar-refractivity contribution < 1.29 is 19.1 Å². The van der Waals surface area contributed by atoms with Crippen LogP contribution in [0.3, 0.4) is 0 Å². The number of carbonyl (C=O) groups excluding carboxylic acids is 3. The third-order valence-corrected chi connectivity index (χ3v) is 6.76. The number of ether oxygens (including phenoxy) is 1. The second kappa shape index (κ2) is 9.47. The number of hydrogen-bond donors (Lipinski definition) is 0. The lowest BCUT2D eigenvalue weighted by atomic mass is 9.92. The summed E-state index contributed by atoms with van der Waals surface area (Å²) in [7, 11) is 0. The first-order valence-electron chi connectivity index (χ1n) is 11.6. The Labute approximate surface area is 203 Å². The van der Waals surface area contributed by atoms with E-state index in [0.29, 0.717) is 28.1 Å². The van der Waals surface area contributed by atoms with Gasteiger partial charge in [0.2, 0.25) is 0 Å². The zero-order chi connectivity index (χ0) is 23.7. The van der Waals surface area contributed by atoms with E-state index in [1.165, 1.54) is 11.3 Å². The Morgan fingerprint density at radius 3 is 2.32 bits per heavy atom. The molecule has 1 fully saturated rings. The van der Waals surface area contributed by atoms with Crippen molar-refractivity contribution in [1.29, 1.82) is 0 Å². The van der Waals surface area contributed by atoms with E-state index in [-0.39, 0.29) is 25.0 Å². The highest BCUT2D eigenvalue weighted by Gasteiger charge is 2.33. The Morgan fingerprint density at radius 2 is 1.59 bits per heavy atom.